The van der Waals surface area contributed by atoms with Crippen molar-refractivity contribution in [3.05, 3.63) is 35.6 Å². The van der Waals surface area contributed by atoms with Crippen LogP contribution in [0.2, 0.25) is 0 Å². The van der Waals surface area contributed by atoms with Crippen LogP contribution < -0.4 is 10.6 Å². The lowest BCUT2D eigenvalue weighted by Gasteiger charge is -2.24. The fraction of sp³-hybridized carbons (Fsp3) is 0.500. The summed E-state index contributed by atoms with van der Waals surface area (Å²) in [6.45, 7) is 4.00. The number of carbonyl (C=O) groups excluding carboxylic acids is 1. The number of halogens is 1. The number of nitrogens with one attached hydrogen (secondary N) is 2. The van der Waals surface area contributed by atoms with E-state index in [-0.39, 0.29) is 23.9 Å². The predicted octanol–water partition coefficient (Wildman–Crippen LogP) is 1.38. The fourth-order valence-corrected chi connectivity index (χ4v) is 2.12. The molecule has 0 aliphatic carbocycles. The number of hydrogen-bond donors (Lipinski definition) is 2. The number of amides is 1. The van der Waals surface area contributed by atoms with E-state index in [1.54, 1.807) is 12.1 Å². The molecule has 1 aliphatic rings. The van der Waals surface area contributed by atoms with Gasteiger partial charge < -0.3 is 15.4 Å². The van der Waals surface area contributed by atoms with E-state index in [4.69, 9.17) is 4.74 Å². The second-order valence-corrected chi connectivity index (χ2v) is 4.75. The lowest BCUT2D eigenvalue weighted by Crippen LogP contribution is -2.41. The van der Waals surface area contributed by atoms with Crippen LogP contribution in [0, 0.1) is 5.82 Å². The van der Waals surface area contributed by atoms with Gasteiger partial charge in [-0.1, -0.05) is 12.1 Å². The molecular formula is C14H19FN2O2. The smallest absolute Gasteiger partial charge is 0.223 e. The minimum Gasteiger partial charge on any atom is -0.375 e. The first-order chi connectivity index (χ1) is 9.15. The average Bonchev–Trinajstić information content (AvgIpc) is 2.39. The molecule has 0 aromatic heterocycles. The molecule has 0 saturated carbocycles. The van der Waals surface area contributed by atoms with Crippen LogP contribution in [-0.2, 0) is 9.53 Å². The highest BCUT2D eigenvalue weighted by molar-refractivity contribution is 5.77. The van der Waals surface area contributed by atoms with Crippen LogP contribution in [0.3, 0.4) is 0 Å². The minimum absolute atomic E-state index is 0.0755. The maximum atomic E-state index is 13.1. The largest absolute Gasteiger partial charge is 0.375 e. The van der Waals surface area contributed by atoms with E-state index in [2.05, 4.69) is 10.6 Å². The first kappa shape index (κ1) is 14.0. The molecule has 0 radical (unpaired) electrons. The lowest BCUT2D eigenvalue weighted by atomic mass is 10.1. The molecule has 19 heavy (non-hydrogen) atoms. The molecule has 1 heterocycles. The Morgan fingerprint density at radius 2 is 2.47 bits per heavy atom. The highest BCUT2D eigenvalue weighted by Gasteiger charge is 2.18. The Bertz CT molecular complexity index is 433. The van der Waals surface area contributed by atoms with Gasteiger partial charge in [0.15, 0.2) is 0 Å². The van der Waals surface area contributed by atoms with E-state index in [0.717, 1.165) is 12.1 Å². The summed E-state index contributed by atoms with van der Waals surface area (Å²) in [4.78, 5) is 11.9. The van der Waals surface area contributed by atoms with Gasteiger partial charge in [0.05, 0.1) is 25.2 Å². The molecule has 1 aromatic carbocycles. The maximum Gasteiger partial charge on any atom is 0.223 e. The Morgan fingerprint density at radius 3 is 3.16 bits per heavy atom. The molecule has 2 rings (SSSR count). The first-order valence-corrected chi connectivity index (χ1v) is 6.52. The Kier molecular flexibility index (Phi) is 4.87. The van der Waals surface area contributed by atoms with Gasteiger partial charge in [-0.25, -0.2) is 4.39 Å². The molecule has 4 nitrogen and oxygen atoms in total. The van der Waals surface area contributed by atoms with Gasteiger partial charge >= 0.3 is 0 Å². The van der Waals surface area contributed by atoms with Crippen molar-refractivity contribution in [2.24, 2.45) is 0 Å². The Morgan fingerprint density at radius 1 is 1.63 bits per heavy atom. The third kappa shape index (κ3) is 4.29. The zero-order chi connectivity index (χ0) is 13.7. The minimum atomic E-state index is -0.293. The fourth-order valence-electron chi connectivity index (χ4n) is 2.12. The topological polar surface area (TPSA) is 50.4 Å². The number of carbonyl (C=O) groups is 1. The molecule has 1 saturated heterocycles. The maximum absolute atomic E-state index is 13.1. The van der Waals surface area contributed by atoms with Gasteiger partial charge in [-0.3, -0.25) is 4.79 Å². The normalized spacial score (nSPS) is 20.8. The zero-order valence-electron chi connectivity index (χ0n) is 11.0. The summed E-state index contributed by atoms with van der Waals surface area (Å²) in [5.41, 5.74) is 0.760. The predicted molar refractivity (Wildman–Crippen MR) is 70.2 cm³/mol. The van der Waals surface area contributed by atoms with E-state index in [1.165, 1.54) is 12.1 Å². The third-order valence-electron chi connectivity index (χ3n) is 3.14. The molecule has 1 amide bonds. The van der Waals surface area contributed by atoms with E-state index in [9.17, 15) is 9.18 Å². The van der Waals surface area contributed by atoms with Gasteiger partial charge in [-0.15, -0.1) is 0 Å². The standard InChI is InChI=1S/C14H19FN2O2/c1-10(11-3-2-4-12(15)7-11)17-14(18)8-13-9-16-5-6-19-13/h2-4,7,10,13,16H,5-6,8-9H2,1H3,(H,17,18)/t10-,13?/m1/s1. The molecule has 1 aliphatic heterocycles. The van der Waals surface area contributed by atoms with Crippen LogP contribution in [0.5, 0.6) is 0 Å². The quantitative estimate of drug-likeness (QED) is 0.865. The average molecular weight is 266 g/mol. The number of hydrogen-bond acceptors (Lipinski definition) is 3. The van der Waals surface area contributed by atoms with Crippen LogP contribution >= 0.6 is 0 Å². The summed E-state index contributed by atoms with van der Waals surface area (Å²) in [5.74, 6) is -0.371. The molecule has 0 spiro atoms. The molecule has 104 valence electrons. The number of morpholine rings is 1. The van der Waals surface area contributed by atoms with Crippen molar-refractivity contribution in [2.45, 2.75) is 25.5 Å². The summed E-state index contributed by atoms with van der Waals surface area (Å²) in [6.07, 6.45) is 0.251. The van der Waals surface area contributed by atoms with Crippen LogP contribution in [0.1, 0.15) is 24.9 Å². The number of rotatable bonds is 4. The van der Waals surface area contributed by atoms with Crippen molar-refractivity contribution in [3.63, 3.8) is 0 Å². The van der Waals surface area contributed by atoms with Gasteiger partial charge in [0, 0.05) is 13.1 Å². The second-order valence-electron chi connectivity index (χ2n) is 4.75. The third-order valence-corrected chi connectivity index (χ3v) is 3.14. The monoisotopic (exact) mass is 266 g/mol. The number of ether oxygens (including phenoxy) is 1. The molecule has 0 bridgehead atoms. The van der Waals surface area contributed by atoms with Crippen LogP contribution in [0.25, 0.3) is 0 Å². The van der Waals surface area contributed by atoms with Gasteiger partial charge in [-0.05, 0) is 24.6 Å². The van der Waals surface area contributed by atoms with Crippen molar-refractivity contribution in [2.75, 3.05) is 19.7 Å². The van der Waals surface area contributed by atoms with Crippen LogP contribution in [0.15, 0.2) is 24.3 Å². The van der Waals surface area contributed by atoms with Gasteiger partial charge in [0.25, 0.3) is 0 Å². The molecule has 1 unspecified atom stereocenters. The lowest BCUT2D eigenvalue weighted by molar-refractivity contribution is -0.125. The molecule has 2 atom stereocenters. The summed E-state index contributed by atoms with van der Waals surface area (Å²) in [7, 11) is 0. The first-order valence-electron chi connectivity index (χ1n) is 6.52. The van der Waals surface area contributed by atoms with Gasteiger partial charge in [0.1, 0.15) is 5.82 Å². The Balaban J connectivity index is 1.84. The SMILES string of the molecule is C[C@@H](NC(=O)CC1CNCCO1)c1cccc(F)c1. The molecular weight excluding hydrogens is 247 g/mol. The second kappa shape index (κ2) is 6.63. The Labute approximate surface area is 112 Å². The molecule has 1 fully saturated rings. The molecule has 1 aromatic rings. The van der Waals surface area contributed by atoms with E-state index in [1.807, 2.05) is 6.92 Å². The zero-order valence-corrected chi connectivity index (χ0v) is 11.0. The summed E-state index contributed by atoms with van der Waals surface area (Å²) >= 11 is 0. The molecule has 5 heteroatoms. The highest BCUT2D eigenvalue weighted by Crippen LogP contribution is 2.14. The van der Waals surface area contributed by atoms with Crippen molar-refractivity contribution < 1.29 is 13.9 Å². The van der Waals surface area contributed by atoms with Crippen molar-refractivity contribution in [1.82, 2.24) is 10.6 Å². The van der Waals surface area contributed by atoms with Crippen LogP contribution in [-0.4, -0.2) is 31.7 Å². The van der Waals surface area contributed by atoms with Crippen LogP contribution in [0.4, 0.5) is 4.39 Å². The van der Waals surface area contributed by atoms with E-state index < -0.39 is 0 Å². The Hall–Kier alpha value is -1.46. The summed E-state index contributed by atoms with van der Waals surface area (Å²) in [5, 5.41) is 6.04. The van der Waals surface area contributed by atoms with Crippen molar-refractivity contribution in [1.29, 1.82) is 0 Å². The van der Waals surface area contributed by atoms with E-state index in [0.29, 0.717) is 19.6 Å². The van der Waals surface area contributed by atoms with Gasteiger partial charge in [-0.2, -0.15) is 0 Å². The van der Waals surface area contributed by atoms with Crippen molar-refractivity contribution >= 4 is 5.91 Å². The van der Waals surface area contributed by atoms with E-state index >= 15 is 0 Å². The highest BCUT2D eigenvalue weighted by atomic mass is 19.1. The molecule has 2 N–H and O–H groups in total. The summed E-state index contributed by atoms with van der Waals surface area (Å²) in [6, 6.07) is 6.05. The number of benzene rings is 1. The summed E-state index contributed by atoms with van der Waals surface area (Å²) < 4.78 is 18.6. The van der Waals surface area contributed by atoms with Crippen molar-refractivity contribution in [3.8, 4) is 0 Å². The van der Waals surface area contributed by atoms with Gasteiger partial charge in [0.2, 0.25) is 5.91 Å².